The van der Waals surface area contributed by atoms with Gasteiger partial charge in [-0.05, 0) is 56.3 Å². The molecule has 208 valence electrons. The van der Waals surface area contributed by atoms with Gasteiger partial charge in [0.25, 0.3) is 5.91 Å². The number of hydrogen-bond donors (Lipinski definition) is 2. The number of imidazole rings is 1. The summed E-state index contributed by atoms with van der Waals surface area (Å²) in [4.78, 5) is 21.3. The molecule has 2 fully saturated rings. The number of aryl methyl sites for hydroxylation is 1. The SMILES string of the molecule is CN1CC(O)CNS(=O)(=O)c2ccc(C3CCCC3)cc2OCC2(CCN(C(=O)c3nccn3C)CC2)C1. The second-order valence-corrected chi connectivity index (χ2v) is 13.1. The highest BCUT2D eigenvalue weighted by molar-refractivity contribution is 7.89. The molecular weight excluding hydrogens is 506 g/mol. The van der Waals surface area contributed by atoms with E-state index in [0.717, 1.165) is 18.4 Å². The maximum atomic E-state index is 13.2. The third-order valence-electron chi connectivity index (χ3n) is 8.38. The number of β-amino-alcohol motifs (C(OH)–C–C–N with tert-alkyl or cyclic N) is 1. The number of likely N-dealkylation sites (N-methyl/N-ethyl adjacent to an activating group) is 1. The third-order valence-corrected chi connectivity index (χ3v) is 9.84. The van der Waals surface area contributed by atoms with Crippen LogP contribution in [0.1, 0.15) is 60.6 Å². The maximum Gasteiger partial charge on any atom is 0.289 e. The number of aliphatic hydroxyl groups is 1. The number of aliphatic hydroxyl groups excluding tert-OH is 1. The fourth-order valence-corrected chi connectivity index (χ4v) is 7.39. The average Bonchev–Trinajstić information content (AvgIpc) is 3.58. The van der Waals surface area contributed by atoms with Crippen LogP contribution in [-0.2, 0) is 17.1 Å². The molecule has 11 heteroatoms. The van der Waals surface area contributed by atoms with Crippen LogP contribution in [0.2, 0.25) is 0 Å². The minimum Gasteiger partial charge on any atom is -0.492 e. The summed E-state index contributed by atoms with van der Waals surface area (Å²) in [5.74, 6) is 1.12. The molecule has 1 aromatic carbocycles. The number of benzene rings is 1. The van der Waals surface area contributed by atoms with Gasteiger partial charge in [0.05, 0.1) is 12.7 Å². The lowest BCUT2D eigenvalue weighted by molar-refractivity contribution is 0.0154. The summed E-state index contributed by atoms with van der Waals surface area (Å²) in [6.45, 7) is 2.36. The smallest absolute Gasteiger partial charge is 0.289 e. The molecule has 1 aromatic heterocycles. The van der Waals surface area contributed by atoms with Gasteiger partial charge in [-0.2, -0.15) is 0 Å². The van der Waals surface area contributed by atoms with Crippen molar-refractivity contribution in [3.8, 4) is 5.75 Å². The number of aromatic nitrogens is 2. The monoisotopic (exact) mass is 545 g/mol. The zero-order valence-electron chi connectivity index (χ0n) is 22.3. The first-order valence-corrected chi connectivity index (χ1v) is 15.0. The summed E-state index contributed by atoms with van der Waals surface area (Å²) >= 11 is 0. The van der Waals surface area contributed by atoms with E-state index in [1.54, 1.807) is 23.0 Å². The van der Waals surface area contributed by atoms with Crippen molar-refractivity contribution in [3.05, 3.63) is 42.0 Å². The fourth-order valence-electron chi connectivity index (χ4n) is 6.19. The van der Waals surface area contributed by atoms with Gasteiger partial charge < -0.3 is 24.2 Å². The molecule has 5 rings (SSSR count). The third kappa shape index (κ3) is 5.75. The van der Waals surface area contributed by atoms with Gasteiger partial charge in [0.15, 0.2) is 5.82 Å². The summed E-state index contributed by atoms with van der Waals surface area (Å²) < 4.78 is 37.2. The van der Waals surface area contributed by atoms with Crippen LogP contribution >= 0.6 is 0 Å². The molecule has 1 saturated carbocycles. The van der Waals surface area contributed by atoms with E-state index in [-0.39, 0.29) is 22.8 Å². The second-order valence-electron chi connectivity index (χ2n) is 11.3. The number of piperidine rings is 1. The molecule has 3 heterocycles. The molecule has 38 heavy (non-hydrogen) atoms. The first kappa shape index (κ1) is 27.1. The number of nitrogens with one attached hydrogen (secondary N) is 1. The quantitative estimate of drug-likeness (QED) is 0.593. The molecule has 10 nitrogen and oxygen atoms in total. The van der Waals surface area contributed by atoms with Gasteiger partial charge in [0.1, 0.15) is 10.6 Å². The molecule has 3 aliphatic rings. The van der Waals surface area contributed by atoms with Crippen molar-refractivity contribution in [1.29, 1.82) is 0 Å². The highest BCUT2D eigenvalue weighted by Crippen LogP contribution is 2.39. The van der Waals surface area contributed by atoms with Gasteiger partial charge in [-0.3, -0.25) is 4.79 Å². The van der Waals surface area contributed by atoms with E-state index in [1.165, 1.54) is 12.8 Å². The summed E-state index contributed by atoms with van der Waals surface area (Å²) in [6.07, 6.45) is 8.51. The lowest BCUT2D eigenvalue weighted by Crippen LogP contribution is -2.51. The molecule has 2 N–H and O–H groups in total. The highest BCUT2D eigenvalue weighted by atomic mass is 32.2. The Morgan fingerprint density at radius 3 is 2.61 bits per heavy atom. The van der Waals surface area contributed by atoms with Crippen LogP contribution in [0.15, 0.2) is 35.5 Å². The zero-order valence-corrected chi connectivity index (χ0v) is 23.1. The van der Waals surface area contributed by atoms with E-state index >= 15 is 0 Å². The normalized spacial score (nSPS) is 24.8. The van der Waals surface area contributed by atoms with Crippen LogP contribution in [0, 0.1) is 5.41 Å². The Labute approximate surface area is 225 Å². The van der Waals surface area contributed by atoms with E-state index < -0.39 is 16.1 Å². The Bertz CT molecular complexity index is 1250. The fraction of sp³-hybridized carbons (Fsp3) is 0.630. The number of carbonyl (C=O) groups excluding carboxylic acids is 1. The predicted molar refractivity (Wildman–Crippen MR) is 143 cm³/mol. The number of amides is 1. The number of fused-ring (bicyclic) bond motifs is 1. The summed E-state index contributed by atoms with van der Waals surface area (Å²) in [5, 5.41) is 10.6. The Morgan fingerprint density at radius 2 is 1.92 bits per heavy atom. The predicted octanol–water partition coefficient (Wildman–Crippen LogP) is 1.96. The first-order chi connectivity index (χ1) is 18.2. The Hall–Kier alpha value is -2.47. The topological polar surface area (TPSA) is 117 Å². The van der Waals surface area contributed by atoms with Gasteiger partial charge in [-0.15, -0.1) is 0 Å². The van der Waals surface area contributed by atoms with E-state index in [0.29, 0.717) is 63.1 Å². The molecule has 2 aromatic rings. The molecule has 1 amide bonds. The van der Waals surface area contributed by atoms with E-state index in [9.17, 15) is 18.3 Å². The minimum atomic E-state index is -3.87. The second kappa shape index (κ2) is 11.0. The molecule has 0 bridgehead atoms. The maximum absolute atomic E-state index is 13.2. The van der Waals surface area contributed by atoms with Gasteiger partial charge in [0, 0.05) is 57.6 Å². The number of hydrogen-bond acceptors (Lipinski definition) is 7. The van der Waals surface area contributed by atoms with Crippen LogP contribution in [0.25, 0.3) is 0 Å². The van der Waals surface area contributed by atoms with Gasteiger partial charge in [-0.25, -0.2) is 18.1 Å². The van der Waals surface area contributed by atoms with Gasteiger partial charge >= 0.3 is 0 Å². The van der Waals surface area contributed by atoms with Crippen molar-refractivity contribution < 1.29 is 23.1 Å². The van der Waals surface area contributed by atoms with Crippen molar-refractivity contribution in [2.24, 2.45) is 12.5 Å². The van der Waals surface area contributed by atoms with Crippen LogP contribution in [0.5, 0.6) is 5.75 Å². The number of sulfonamides is 1. The summed E-state index contributed by atoms with van der Waals surface area (Å²) in [7, 11) is -0.122. The summed E-state index contributed by atoms with van der Waals surface area (Å²) in [5.41, 5.74) is 0.814. The van der Waals surface area contributed by atoms with Crippen molar-refractivity contribution in [2.75, 3.05) is 46.4 Å². The van der Waals surface area contributed by atoms with Gasteiger partial charge in [0.2, 0.25) is 10.0 Å². The van der Waals surface area contributed by atoms with Crippen molar-refractivity contribution in [3.63, 3.8) is 0 Å². The number of nitrogens with zero attached hydrogens (tertiary/aromatic N) is 4. The van der Waals surface area contributed by atoms with Crippen LogP contribution < -0.4 is 9.46 Å². The molecule has 1 aliphatic carbocycles. The van der Waals surface area contributed by atoms with E-state index in [1.807, 2.05) is 36.0 Å². The van der Waals surface area contributed by atoms with Crippen molar-refractivity contribution in [2.45, 2.75) is 55.4 Å². The van der Waals surface area contributed by atoms with Crippen LogP contribution in [-0.4, -0.2) is 91.3 Å². The molecule has 1 saturated heterocycles. The van der Waals surface area contributed by atoms with Crippen molar-refractivity contribution >= 4 is 15.9 Å². The van der Waals surface area contributed by atoms with E-state index in [4.69, 9.17) is 4.74 Å². The Balaban J connectivity index is 1.42. The molecule has 2 aliphatic heterocycles. The highest BCUT2D eigenvalue weighted by Gasteiger charge is 2.39. The van der Waals surface area contributed by atoms with Crippen LogP contribution in [0.4, 0.5) is 0 Å². The lowest BCUT2D eigenvalue weighted by Gasteiger charge is -2.44. The number of likely N-dealkylation sites (tertiary alicyclic amines) is 1. The Kier molecular flexibility index (Phi) is 7.82. The molecule has 0 radical (unpaired) electrons. The summed E-state index contributed by atoms with van der Waals surface area (Å²) in [6, 6.07) is 5.46. The molecule has 1 spiro atoms. The minimum absolute atomic E-state index is 0.0740. The number of rotatable bonds is 2. The molecule has 1 unspecified atom stereocenters. The first-order valence-electron chi connectivity index (χ1n) is 13.6. The molecular formula is C27H39N5O5S. The zero-order chi connectivity index (χ0) is 26.9. The number of carbonyl (C=O) groups is 1. The van der Waals surface area contributed by atoms with E-state index in [2.05, 4.69) is 9.71 Å². The average molecular weight is 546 g/mol. The standard InChI is InChI=1S/C27H39N5O5S/c1-30-17-22(33)16-29-38(35,36)24-8-7-21(20-5-3-4-6-20)15-23(24)37-19-27(18-30)9-12-32(13-10-27)26(34)25-28-11-14-31(25)2/h7-8,11,14-15,20,22,29,33H,3-6,9-10,12-13,16-19H2,1-2H3. The van der Waals surface area contributed by atoms with Crippen LogP contribution in [0.3, 0.4) is 0 Å². The number of ether oxygens (including phenoxy) is 1. The molecule has 1 atom stereocenters. The van der Waals surface area contributed by atoms with Gasteiger partial charge in [-0.1, -0.05) is 18.9 Å². The lowest BCUT2D eigenvalue weighted by atomic mass is 9.78. The van der Waals surface area contributed by atoms with Crippen molar-refractivity contribution in [1.82, 2.24) is 24.1 Å². The largest absolute Gasteiger partial charge is 0.492 e. The Morgan fingerprint density at radius 1 is 1.18 bits per heavy atom.